The average Bonchev–Trinajstić information content (AvgIpc) is 2.30. The van der Waals surface area contributed by atoms with Crippen LogP contribution in [0.15, 0.2) is 30.3 Å². The van der Waals surface area contributed by atoms with Gasteiger partial charge in [0, 0.05) is 0 Å². The number of hydrogen-bond donors (Lipinski definition) is 0. The lowest BCUT2D eigenvalue weighted by molar-refractivity contribution is -0.142. The molecule has 1 aromatic carbocycles. The Kier molecular flexibility index (Phi) is 5.47. The van der Waals surface area contributed by atoms with Gasteiger partial charge in [-0.15, -0.1) is 0 Å². The minimum absolute atomic E-state index is 0.178. The molecular formula is C15H20O2. The zero-order valence-electron chi connectivity index (χ0n) is 10.8. The van der Waals surface area contributed by atoms with Crippen molar-refractivity contribution in [3.05, 3.63) is 41.5 Å². The van der Waals surface area contributed by atoms with E-state index in [0.717, 1.165) is 5.56 Å². The minimum Gasteiger partial charge on any atom is -0.466 e. The first-order valence-corrected chi connectivity index (χ1v) is 6.05. The second-order valence-electron chi connectivity index (χ2n) is 4.23. The SMILES string of the molecule is CCOC(=O)CC=Cc1ccc(C(C)C)cc1. The van der Waals surface area contributed by atoms with Gasteiger partial charge in [-0.3, -0.25) is 4.79 Å². The normalized spacial score (nSPS) is 11.1. The zero-order chi connectivity index (χ0) is 12.7. The van der Waals surface area contributed by atoms with E-state index in [1.54, 1.807) is 0 Å². The van der Waals surface area contributed by atoms with Crippen LogP contribution in [0.2, 0.25) is 0 Å². The van der Waals surface area contributed by atoms with E-state index in [0.29, 0.717) is 18.9 Å². The van der Waals surface area contributed by atoms with Crippen LogP contribution >= 0.6 is 0 Å². The van der Waals surface area contributed by atoms with Crippen LogP contribution in [0.3, 0.4) is 0 Å². The molecule has 0 amide bonds. The lowest BCUT2D eigenvalue weighted by Gasteiger charge is -2.04. The molecule has 0 fully saturated rings. The molecule has 0 atom stereocenters. The minimum atomic E-state index is -0.178. The van der Waals surface area contributed by atoms with Crippen LogP contribution in [-0.4, -0.2) is 12.6 Å². The summed E-state index contributed by atoms with van der Waals surface area (Å²) in [6.07, 6.45) is 4.11. The van der Waals surface area contributed by atoms with Crippen LogP contribution in [0.1, 0.15) is 44.2 Å². The van der Waals surface area contributed by atoms with Gasteiger partial charge in [-0.1, -0.05) is 50.3 Å². The smallest absolute Gasteiger partial charge is 0.309 e. The van der Waals surface area contributed by atoms with Gasteiger partial charge in [-0.05, 0) is 24.0 Å². The fourth-order valence-corrected chi connectivity index (χ4v) is 1.50. The third kappa shape index (κ3) is 4.85. The number of esters is 1. The summed E-state index contributed by atoms with van der Waals surface area (Å²) < 4.78 is 4.84. The summed E-state index contributed by atoms with van der Waals surface area (Å²) >= 11 is 0. The van der Waals surface area contributed by atoms with Gasteiger partial charge in [0.1, 0.15) is 0 Å². The monoisotopic (exact) mass is 232 g/mol. The van der Waals surface area contributed by atoms with Crippen molar-refractivity contribution in [2.45, 2.75) is 33.1 Å². The van der Waals surface area contributed by atoms with Gasteiger partial charge in [0.2, 0.25) is 0 Å². The Labute approximate surface area is 103 Å². The van der Waals surface area contributed by atoms with Crippen molar-refractivity contribution in [3.8, 4) is 0 Å². The molecule has 2 heteroatoms. The number of benzene rings is 1. The van der Waals surface area contributed by atoms with Crippen molar-refractivity contribution in [2.75, 3.05) is 6.61 Å². The Bertz CT molecular complexity index is 374. The molecule has 92 valence electrons. The van der Waals surface area contributed by atoms with E-state index in [1.807, 2.05) is 19.1 Å². The quantitative estimate of drug-likeness (QED) is 0.722. The maximum Gasteiger partial charge on any atom is 0.309 e. The Morgan fingerprint density at radius 1 is 1.29 bits per heavy atom. The molecule has 17 heavy (non-hydrogen) atoms. The molecule has 0 bridgehead atoms. The summed E-state index contributed by atoms with van der Waals surface area (Å²) in [5.41, 5.74) is 2.44. The first-order valence-electron chi connectivity index (χ1n) is 6.05. The molecule has 1 rings (SSSR count). The maximum atomic E-state index is 11.1. The fraction of sp³-hybridized carbons (Fsp3) is 0.400. The maximum absolute atomic E-state index is 11.1. The number of hydrogen-bond acceptors (Lipinski definition) is 2. The third-order valence-corrected chi connectivity index (χ3v) is 2.50. The molecule has 0 spiro atoms. The molecule has 0 unspecified atom stereocenters. The van der Waals surface area contributed by atoms with Crippen LogP contribution in [0, 0.1) is 0 Å². The van der Waals surface area contributed by atoms with E-state index < -0.39 is 0 Å². The summed E-state index contributed by atoms with van der Waals surface area (Å²) in [5.74, 6) is 0.370. The molecule has 0 aliphatic rings. The van der Waals surface area contributed by atoms with Gasteiger partial charge in [0.05, 0.1) is 13.0 Å². The topological polar surface area (TPSA) is 26.3 Å². The molecule has 0 saturated carbocycles. The second kappa shape index (κ2) is 6.89. The van der Waals surface area contributed by atoms with Crippen LogP contribution in [0.5, 0.6) is 0 Å². The Balaban J connectivity index is 2.51. The predicted octanol–water partition coefficient (Wildman–Crippen LogP) is 3.78. The lowest BCUT2D eigenvalue weighted by Crippen LogP contribution is -2.01. The summed E-state index contributed by atoms with van der Waals surface area (Å²) in [5, 5.41) is 0. The van der Waals surface area contributed by atoms with Gasteiger partial charge >= 0.3 is 5.97 Å². The second-order valence-corrected chi connectivity index (χ2v) is 4.23. The summed E-state index contributed by atoms with van der Waals surface area (Å²) in [6.45, 7) is 6.60. The van der Waals surface area contributed by atoms with Crippen LogP contribution < -0.4 is 0 Å². The molecule has 2 nitrogen and oxygen atoms in total. The van der Waals surface area contributed by atoms with Crippen molar-refractivity contribution in [2.24, 2.45) is 0 Å². The van der Waals surface area contributed by atoms with Gasteiger partial charge < -0.3 is 4.74 Å². The van der Waals surface area contributed by atoms with Gasteiger partial charge in [0.15, 0.2) is 0 Å². The molecule has 0 radical (unpaired) electrons. The van der Waals surface area contributed by atoms with E-state index in [2.05, 4.69) is 38.1 Å². The van der Waals surface area contributed by atoms with Crippen LogP contribution in [0.4, 0.5) is 0 Å². The highest BCUT2D eigenvalue weighted by Crippen LogP contribution is 2.15. The van der Waals surface area contributed by atoms with E-state index in [-0.39, 0.29) is 5.97 Å². The van der Waals surface area contributed by atoms with Crippen molar-refractivity contribution < 1.29 is 9.53 Å². The third-order valence-electron chi connectivity index (χ3n) is 2.50. The van der Waals surface area contributed by atoms with Crippen molar-refractivity contribution >= 4 is 12.0 Å². The Morgan fingerprint density at radius 3 is 2.47 bits per heavy atom. The molecular weight excluding hydrogens is 212 g/mol. The molecule has 0 aliphatic carbocycles. The Hall–Kier alpha value is -1.57. The number of carbonyl (C=O) groups is 1. The molecule has 0 aliphatic heterocycles. The molecule has 0 saturated heterocycles. The van der Waals surface area contributed by atoms with Gasteiger partial charge in [-0.2, -0.15) is 0 Å². The molecule has 0 aromatic heterocycles. The average molecular weight is 232 g/mol. The van der Waals surface area contributed by atoms with E-state index >= 15 is 0 Å². The molecule has 1 aromatic rings. The van der Waals surface area contributed by atoms with E-state index in [1.165, 1.54) is 5.56 Å². The highest BCUT2D eigenvalue weighted by atomic mass is 16.5. The first-order chi connectivity index (χ1) is 8.13. The summed E-state index contributed by atoms with van der Waals surface area (Å²) in [4.78, 5) is 11.1. The molecule has 0 heterocycles. The number of ether oxygens (including phenoxy) is 1. The lowest BCUT2D eigenvalue weighted by atomic mass is 10.0. The standard InChI is InChI=1S/C15H20O2/c1-4-17-15(16)7-5-6-13-8-10-14(11-9-13)12(2)3/h5-6,8-12H,4,7H2,1-3H3. The zero-order valence-corrected chi connectivity index (χ0v) is 10.8. The number of rotatable bonds is 5. The summed E-state index contributed by atoms with van der Waals surface area (Å²) in [6, 6.07) is 8.37. The van der Waals surface area contributed by atoms with Crippen LogP contribution in [-0.2, 0) is 9.53 Å². The number of carbonyl (C=O) groups excluding carboxylic acids is 1. The first kappa shape index (κ1) is 13.5. The van der Waals surface area contributed by atoms with E-state index in [4.69, 9.17) is 4.74 Å². The van der Waals surface area contributed by atoms with Crippen LogP contribution in [0.25, 0.3) is 6.08 Å². The highest BCUT2D eigenvalue weighted by Gasteiger charge is 1.98. The van der Waals surface area contributed by atoms with Gasteiger partial charge in [-0.25, -0.2) is 0 Å². The fourth-order valence-electron chi connectivity index (χ4n) is 1.50. The van der Waals surface area contributed by atoms with Crippen molar-refractivity contribution in [1.29, 1.82) is 0 Å². The summed E-state index contributed by atoms with van der Waals surface area (Å²) in [7, 11) is 0. The van der Waals surface area contributed by atoms with Crippen molar-refractivity contribution in [3.63, 3.8) is 0 Å². The Morgan fingerprint density at radius 2 is 1.94 bits per heavy atom. The van der Waals surface area contributed by atoms with Gasteiger partial charge in [0.25, 0.3) is 0 Å². The highest BCUT2D eigenvalue weighted by molar-refractivity contribution is 5.72. The van der Waals surface area contributed by atoms with E-state index in [9.17, 15) is 4.79 Å². The van der Waals surface area contributed by atoms with Crippen molar-refractivity contribution in [1.82, 2.24) is 0 Å². The predicted molar refractivity (Wildman–Crippen MR) is 70.8 cm³/mol. The largest absolute Gasteiger partial charge is 0.466 e. The molecule has 0 N–H and O–H groups in total.